The van der Waals surface area contributed by atoms with Crippen LogP contribution in [0.4, 0.5) is 4.79 Å². The smallest absolute Gasteiger partial charge is 0.314 e. The van der Waals surface area contributed by atoms with Crippen molar-refractivity contribution in [3.63, 3.8) is 0 Å². The first-order chi connectivity index (χ1) is 11.1. The predicted octanol–water partition coefficient (Wildman–Crippen LogP) is 0.619. The molecular weight excluding hydrogens is 294 g/mol. The van der Waals surface area contributed by atoms with E-state index in [1.807, 2.05) is 19.4 Å². The Hall–Kier alpha value is -1.60. The van der Waals surface area contributed by atoms with Crippen molar-refractivity contribution in [3.8, 4) is 0 Å². The van der Waals surface area contributed by atoms with E-state index < -0.39 is 0 Å². The molecule has 0 aromatic carbocycles. The Morgan fingerprint density at radius 2 is 2.09 bits per heavy atom. The fraction of sp³-hybridized carbons (Fsp3) is 0.750. The molecule has 1 atom stereocenters. The number of hydrogen-bond acceptors (Lipinski definition) is 4. The minimum atomic E-state index is -0.104. The summed E-state index contributed by atoms with van der Waals surface area (Å²) in [6, 6.07) is 0.246. The first-order valence-corrected chi connectivity index (χ1v) is 8.37. The molecule has 0 bridgehead atoms. The van der Waals surface area contributed by atoms with Crippen LogP contribution in [0.5, 0.6) is 0 Å². The van der Waals surface area contributed by atoms with E-state index in [2.05, 4.69) is 34.5 Å². The number of ether oxygens (including phenoxy) is 1. The van der Waals surface area contributed by atoms with Crippen molar-refractivity contribution in [2.75, 3.05) is 39.4 Å². The van der Waals surface area contributed by atoms with Crippen LogP contribution in [-0.4, -0.2) is 66.1 Å². The number of rotatable bonds is 7. The molecule has 1 aliphatic rings. The highest BCUT2D eigenvalue weighted by Crippen LogP contribution is 2.12. The topological polar surface area (TPSA) is 71.4 Å². The first-order valence-electron chi connectivity index (χ1n) is 8.37. The lowest BCUT2D eigenvalue weighted by Gasteiger charge is -2.36. The molecule has 1 fully saturated rings. The van der Waals surface area contributed by atoms with E-state index in [4.69, 9.17) is 4.74 Å². The van der Waals surface area contributed by atoms with Gasteiger partial charge < -0.3 is 15.4 Å². The van der Waals surface area contributed by atoms with Gasteiger partial charge >= 0.3 is 6.03 Å². The summed E-state index contributed by atoms with van der Waals surface area (Å²) in [6.45, 7) is 9.10. The van der Waals surface area contributed by atoms with Crippen LogP contribution in [0.3, 0.4) is 0 Å². The van der Waals surface area contributed by atoms with Crippen molar-refractivity contribution in [1.29, 1.82) is 0 Å². The van der Waals surface area contributed by atoms with E-state index in [0.717, 1.165) is 38.3 Å². The molecule has 0 aliphatic carbocycles. The average molecular weight is 323 g/mol. The molecule has 2 rings (SSSR count). The molecule has 130 valence electrons. The van der Waals surface area contributed by atoms with Crippen LogP contribution in [0.1, 0.15) is 19.4 Å². The van der Waals surface area contributed by atoms with E-state index in [-0.39, 0.29) is 6.03 Å². The maximum absolute atomic E-state index is 12.0. The molecule has 2 heterocycles. The van der Waals surface area contributed by atoms with Crippen LogP contribution in [0, 0.1) is 5.92 Å². The summed E-state index contributed by atoms with van der Waals surface area (Å²) in [6.07, 6.45) is 4.58. The Balaban J connectivity index is 1.68. The highest BCUT2D eigenvalue weighted by Gasteiger charge is 2.24. The van der Waals surface area contributed by atoms with E-state index in [9.17, 15) is 4.79 Å². The molecule has 0 spiro atoms. The molecule has 7 nitrogen and oxygen atoms in total. The Morgan fingerprint density at radius 1 is 1.35 bits per heavy atom. The van der Waals surface area contributed by atoms with Gasteiger partial charge in [0.15, 0.2) is 0 Å². The number of urea groups is 1. The van der Waals surface area contributed by atoms with Crippen molar-refractivity contribution >= 4 is 6.03 Å². The molecule has 1 aliphatic heterocycles. The first kappa shape index (κ1) is 17.7. The van der Waals surface area contributed by atoms with Crippen LogP contribution in [0.2, 0.25) is 0 Å². The fourth-order valence-corrected chi connectivity index (χ4v) is 2.88. The van der Waals surface area contributed by atoms with E-state index in [1.54, 1.807) is 4.68 Å². The summed E-state index contributed by atoms with van der Waals surface area (Å²) in [7, 11) is 1.89. The van der Waals surface area contributed by atoms with Gasteiger partial charge in [-0.1, -0.05) is 13.8 Å². The zero-order chi connectivity index (χ0) is 16.7. The SMILES string of the molecule is CC(C)C(CNC(=O)NCCc1cnn(C)c1)N1CCOCC1. The van der Waals surface area contributed by atoms with Crippen LogP contribution in [-0.2, 0) is 18.2 Å². The minimum absolute atomic E-state index is 0.104. The van der Waals surface area contributed by atoms with Crippen LogP contribution < -0.4 is 10.6 Å². The minimum Gasteiger partial charge on any atom is -0.379 e. The van der Waals surface area contributed by atoms with Crippen LogP contribution in [0.15, 0.2) is 12.4 Å². The number of nitrogens with zero attached hydrogens (tertiary/aromatic N) is 3. The fourth-order valence-electron chi connectivity index (χ4n) is 2.88. The second kappa shape index (κ2) is 8.88. The van der Waals surface area contributed by atoms with Gasteiger partial charge in [0.25, 0.3) is 0 Å². The molecule has 2 amide bonds. The van der Waals surface area contributed by atoms with Crippen molar-refractivity contribution in [2.24, 2.45) is 13.0 Å². The van der Waals surface area contributed by atoms with Gasteiger partial charge in [-0.05, 0) is 17.9 Å². The number of aromatic nitrogens is 2. The van der Waals surface area contributed by atoms with Crippen molar-refractivity contribution in [3.05, 3.63) is 18.0 Å². The van der Waals surface area contributed by atoms with Crippen LogP contribution in [0.25, 0.3) is 0 Å². The molecular formula is C16H29N5O2. The number of carbonyl (C=O) groups is 1. The molecule has 1 aromatic heterocycles. The summed E-state index contributed by atoms with van der Waals surface area (Å²) in [5.74, 6) is 0.490. The molecule has 7 heteroatoms. The molecule has 0 radical (unpaired) electrons. The summed E-state index contributed by atoms with van der Waals surface area (Å²) >= 11 is 0. The maximum atomic E-state index is 12.0. The lowest BCUT2D eigenvalue weighted by molar-refractivity contribution is 0.00720. The summed E-state index contributed by atoms with van der Waals surface area (Å²) in [5, 5.41) is 10.0. The number of aryl methyl sites for hydroxylation is 1. The zero-order valence-corrected chi connectivity index (χ0v) is 14.4. The van der Waals surface area contributed by atoms with Gasteiger partial charge in [0.1, 0.15) is 0 Å². The third-order valence-corrected chi connectivity index (χ3v) is 4.21. The Morgan fingerprint density at radius 3 is 2.70 bits per heavy atom. The summed E-state index contributed by atoms with van der Waals surface area (Å²) < 4.78 is 7.17. The number of hydrogen-bond donors (Lipinski definition) is 2. The van der Waals surface area contributed by atoms with Gasteiger partial charge in [-0.15, -0.1) is 0 Å². The zero-order valence-electron chi connectivity index (χ0n) is 14.4. The largest absolute Gasteiger partial charge is 0.379 e. The molecule has 2 N–H and O–H groups in total. The van der Waals surface area contributed by atoms with Gasteiger partial charge in [-0.3, -0.25) is 9.58 Å². The second-order valence-corrected chi connectivity index (χ2v) is 6.37. The lowest BCUT2D eigenvalue weighted by Crippen LogP contribution is -2.52. The van der Waals surface area contributed by atoms with Gasteiger partial charge in [0.05, 0.1) is 19.4 Å². The number of morpholine rings is 1. The third-order valence-electron chi connectivity index (χ3n) is 4.21. The lowest BCUT2D eigenvalue weighted by atomic mass is 10.0. The molecule has 1 saturated heterocycles. The summed E-state index contributed by atoms with van der Waals surface area (Å²) in [5.41, 5.74) is 1.13. The van der Waals surface area contributed by atoms with Crippen molar-refractivity contribution in [1.82, 2.24) is 25.3 Å². The monoisotopic (exact) mass is 323 g/mol. The van der Waals surface area contributed by atoms with Crippen molar-refractivity contribution < 1.29 is 9.53 Å². The predicted molar refractivity (Wildman–Crippen MR) is 89.3 cm³/mol. The highest BCUT2D eigenvalue weighted by atomic mass is 16.5. The van der Waals surface area contributed by atoms with Gasteiger partial charge in [-0.25, -0.2) is 4.79 Å². The van der Waals surface area contributed by atoms with Gasteiger partial charge in [-0.2, -0.15) is 5.10 Å². The second-order valence-electron chi connectivity index (χ2n) is 6.37. The van der Waals surface area contributed by atoms with E-state index >= 15 is 0 Å². The quantitative estimate of drug-likeness (QED) is 0.772. The normalized spacial score (nSPS) is 17.2. The maximum Gasteiger partial charge on any atom is 0.314 e. The summed E-state index contributed by atoms with van der Waals surface area (Å²) in [4.78, 5) is 14.4. The van der Waals surface area contributed by atoms with Crippen LogP contribution >= 0.6 is 0 Å². The van der Waals surface area contributed by atoms with E-state index in [1.165, 1.54) is 0 Å². The van der Waals surface area contributed by atoms with Gasteiger partial charge in [0, 0.05) is 45.5 Å². The number of amides is 2. The number of nitrogens with one attached hydrogen (secondary N) is 2. The third kappa shape index (κ3) is 5.84. The molecule has 1 unspecified atom stereocenters. The molecule has 0 saturated carbocycles. The molecule has 23 heavy (non-hydrogen) atoms. The van der Waals surface area contributed by atoms with Crippen molar-refractivity contribution in [2.45, 2.75) is 26.3 Å². The molecule has 1 aromatic rings. The Bertz CT molecular complexity index is 483. The highest BCUT2D eigenvalue weighted by molar-refractivity contribution is 5.73. The van der Waals surface area contributed by atoms with E-state index in [0.29, 0.717) is 25.0 Å². The standard InChI is InChI=1S/C16H29N5O2/c1-13(2)15(21-6-8-23-9-7-21)11-18-16(22)17-5-4-14-10-19-20(3)12-14/h10,12-13,15H,4-9,11H2,1-3H3,(H2,17,18,22). The Labute approximate surface area is 138 Å². The number of carbonyl (C=O) groups excluding carboxylic acids is 1. The Kier molecular flexibility index (Phi) is 6.85. The average Bonchev–Trinajstić information content (AvgIpc) is 2.94. The van der Waals surface area contributed by atoms with Gasteiger partial charge in [0.2, 0.25) is 0 Å².